The number of aliphatic carboxylic acids is 1. The number of carboxylic acids is 1. The van der Waals surface area contributed by atoms with Gasteiger partial charge in [0, 0.05) is 18.8 Å². The smallest absolute Gasteiger partial charge is 0.311 e. The summed E-state index contributed by atoms with van der Waals surface area (Å²) in [7, 11) is 0. The topological polar surface area (TPSA) is 40.5 Å². The molecule has 0 aromatic heterocycles. The van der Waals surface area contributed by atoms with Gasteiger partial charge in [-0.25, -0.2) is 0 Å². The number of benzene rings is 1. The number of hydrogen-bond acceptors (Lipinski definition) is 2. The van der Waals surface area contributed by atoms with E-state index in [0.717, 1.165) is 37.9 Å². The van der Waals surface area contributed by atoms with Crippen molar-refractivity contribution in [3.05, 3.63) is 29.8 Å². The lowest BCUT2D eigenvalue weighted by Gasteiger charge is -2.40. The first-order valence-electron chi connectivity index (χ1n) is 8.02. The Hall–Kier alpha value is -1.51. The highest BCUT2D eigenvalue weighted by atomic mass is 16.4. The van der Waals surface area contributed by atoms with Gasteiger partial charge in [-0.15, -0.1) is 0 Å². The monoisotopic (exact) mass is 289 g/mol. The van der Waals surface area contributed by atoms with Crippen molar-refractivity contribution in [3.8, 4) is 0 Å². The molecule has 21 heavy (non-hydrogen) atoms. The van der Waals surface area contributed by atoms with Gasteiger partial charge in [-0.3, -0.25) is 4.79 Å². The molecule has 1 aliphatic carbocycles. The van der Waals surface area contributed by atoms with Crippen LogP contribution in [0.5, 0.6) is 0 Å². The minimum atomic E-state index is -0.625. The summed E-state index contributed by atoms with van der Waals surface area (Å²) in [4.78, 5) is 14.1. The zero-order chi connectivity index (χ0) is 15.5. The van der Waals surface area contributed by atoms with Gasteiger partial charge in [0.1, 0.15) is 0 Å². The largest absolute Gasteiger partial charge is 0.481 e. The second kappa shape index (κ2) is 6.50. The Morgan fingerprint density at radius 1 is 1.29 bits per heavy atom. The van der Waals surface area contributed by atoms with Crippen LogP contribution in [0.3, 0.4) is 0 Å². The lowest BCUT2D eigenvalue weighted by Crippen LogP contribution is -2.45. The first-order valence-corrected chi connectivity index (χ1v) is 8.02. The van der Waals surface area contributed by atoms with Crippen molar-refractivity contribution in [3.63, 3.8) is 0 Å². The van der Waals surface area contributed by atoms with Crippen LogP contribution in [0.25, 0.3) is 0 Å². The van der Waals surface area contributed by atoms with Gasteiger partial charge >= 0.3 is 5.97 Å². The lowest BCUT2D eigenvalue weighted by molar-refractivity contribution is -0.150. The van der Waals surface area contributed by atoms with Gasteiger partial charge in [-0.2, -0.15) is 0 Å². The van der Waals surface area contributed by atoms with E-state index in [4.69, 9.17) is 0 Å². The van der Waals surface area contributed by atoms with E-state index in [-0.39, 0.29) is 0 Å². The van der Waals surface area contributed by atoms with Crippen LogP contribution in [0.4, 0.5) is 5.69 Å². The van der Waals surface area contributed by atoms with Crippen LogP contribution < -0.4 is 4.90 Å². The molecule has 2 rings (SSSR count). The van der Waals surface area contributed by atoms with Crippen molar-refractivity contribution in [1.82, 2.24) is 0 Å². The normalized spacial score (nSPS) is 25.6. The summed E-state index contributed by atoms with van der Waals surface area (Å²) in [6.07, 6.45) is 3.65. The van der Waals surface area contributed by atoms with Crippen molar-refractivity contribution < 1.29 is 9.90 Å². The lowest BCUT2D eigenvalue weighted by atomic mass is 9.70. The molecule has 0 amide bonds. The Kier molecular flexibility index (Phi) is 4.92. The Morgan fingerprint density at radius 2 is 1.86 bits per heavy atom. The van der Waals surface area contributed by atoms with Crippen molar-refractivity contribution in [2.24, 2.45) is 11.3 Å². The van der Waals surface area contributed by atoms with E-state index in [0.29, 0.717) is 12.5 Å². The molecule has 3 heteroatoms. The average molecular weight is 289 g/mol. The first-order chi connectivity index (χ1) is 9.97. The summed E-state index contributed by atoms with van der Waals surface area (Å²) < 4.78 is 0. The molecule has 1 fully saturated rings. The van der Waals surface area contributed by atoms with Gasteiger partial charge in [0.25, 0.3) is 0 Å². The fraction of sp³-hybridized carbons (Fsp3) is 0.611. The van der Waals surface area contributed by atoms with Crippen LogP contribution in [-0.4, -0.2) is 24.2 Å². The Morgan fingerprint density at radius 3 is 2.33 bits per heavy atom. The maximum absolute atomic E-state index is 11.9. The highest BCUT2D eigenvalue weighted by Crippen LogP contribution is 2.40. The number of carboxylic acid groups (broad SMARTS) is 1. The van der Waals surface area contributed by atoms with E-state index >= 15 is 0 Å². The average Bonchev–Trinajstić information content (AvgIpc) is 2.48. The number of carbonyl (C=O) groups is 1. The van der Waals surface area contributed by atoms with Crippen molar-refractivity contribution in [2.75, 3.05) is 18.0 Å². The van der Waals surface area contributed by atoms with E-state index < -0.39 is 11.4 Å². The second-order valence-corrected chi connectivity index (χ2v) is 6.62. The van der Waals surface area contributed by atoms with Crippen LogP contribution in [0, 0.1) is 18.3 Å². The molecule has 0 radical (unpaired) electrons. The molecule has 0 bridgehead atoms. The molecular weight excluding hydrogens is 262 g/mol. The summed E-state index contributed by atoms with van der Waals surface area (Å²) in [5, 5.41) is 9.78. The van der Waals surface area contributed by atoms with Crippen LogP contribution >= 0.6 is 0 Å². The summed E-state index contributed by atoms with van der Waals surface area (Å²) in [5.41, 5.74) is 1.78. The molecule has 116 valence electrons. The van der Waals surface area contributed by atoms with Crippen molar-refractivity contribution in [2.45, 2.75) is 46.5 Å². The zero-order valence-electron chi connectivity index (χ0n) is 13.4. The fourth-order valence-electron chi connectivity index (χ4n) is 3.26. The van der Waals surface area contributed by atoms with Crippen LogP contribution in [0.2, 0.25) is 0 Å². The maximum atomic E-state index is 11.9. The summed E-state index contributed by atoms with van der Waals surface area (Å²) in [6.45, 7) is 7.85. The number of rotatable bonds is 5. The van der Waals surface area contributed by atoms with Gasteiger partial charge in [0.2, 0.25) is 0 Å². The Balaban J connectivity index is 2.18. The Labute approximate surface area is 128 Å². The number of nitrogens with zero attached hydrogens (tertiary/aromatic N) is 1. The minimum Gasteiger partial charge on any atom is -0.481 e. The third-order valence-corrected chi connectivity index (χ3v) is 4.96. The summed E-state index contributed by atoms with van der Waals surface area (Å²) in [6, 6.07) is 8.38. The molecule has 0 unspecified atom stereocenters. The summed E-state index contributed by atoms with van der Waals surface area (Å²) >= 11 is 0. The van der Waals surface area contributed by atoms with Crippen LogP contribution in [-0.2, 0) is 4.79 Å². The third kappa shape index (κ3) is 3.58. The molecule has 1 saturated carbocycles. The third-order valence-electron chi connectivity index (χ3n) is 4.96. The Bertz CT molecular complexity index is 472. The fourth-order valence-corrected chi connectivity index (χ4v) is 3.26. The number of anilines is 1. The zero-order valence-corrected chi connectivity index (χ0v) is 13.4. The molecule has 3 nitrogen and oxygen atoms in total. The van der Waals surface area contributed by atoms with Gasteiger partial charge in [-0.1, -0.05) is 24.6 Å². The van der Waals surface area contributed by atoms with E-state index in [9.17, 15) is 9.90 Å². The van der Waals surface area contributed by atoms with Crippen molar-refractivity contribution >= 4 is 11.7 Å². The highest BCUT2D eigenvalue weighted by molar-refractivity contribution is 5.76. The van der Waals surface area contributed by atoms with E-state index in [1.807, 2.05) is 0 Å². The van der Waals surface area contributed by atoms with Crippen molar-refractivity contribution in [1.29, 1.82) is 0 Å². The maximum Gasteiger partial charge on any atom is 0.311 e. The molecule has 0 aliphatic heterocycles. The van der Waals surface area contributed by atoms with Gasteiger partial charge in [-0.05, 0) is 57.6 Å². The second-order valence-electron chi connectivity index (χ2n) is 6.62. The predicted octanol–water partition coefficient (Wildman–Crippen LogP) is 4.10. The standard InChI is InChI=1S/C18H27NO2/c1-4-19(16-7-5-14(2)6-8-16)13-18(17(20)21)11-9-15(3)10-12-18/h5-8,15H,4,9-13H2,1-3H3,(H,20,21). The number of hydrogen-bond donors (Lipinski definition) is 1. The quantitative estimate of drug-likeness (QED) is 0.887. The van der Waals surface area contributed by atoms with Crippen LogP contribution in [0.1, 0.15) is 45.1 Å². The minimum absolute atomic E-state index is 0.576. The molecule has 1 aromatic carbocycles. The highest BCUT2D eigenvalue weighted by Gasteiger charge is 2.42. The van der Waals surface area contributed by atoms with Gasteiger partial charge in [0.05, 0.1) is 5.41 Å². The molecule has 1 N–H and O–H groups in total. The molecule has 1 aliphatic rings. The number of aryl methyl sites for hydroxylation is 1. The molecular formula is C18H27NO2. The molecule has 0 spiro atoms. The predicted molar refractivity (Wildman–Crippen MR) is 86.8 cm³/mol. The van der Waals surface area contributed by atoms with Gasteiger partial charge < -0.3 is 10.0 Å². The van der Waals surface area contributed by atoms with E-state index in [1.165, 1.54) is 5.56 Å². The molecule has 1 aromatic rings. The van der Waals surface area contributed by atoms with E-state index in [2.05, 4.69) is 49.9 Å². The van der Waals surface area contributed by atoms with Crippen LogP contribution in [0.15, 0.2) is 24.3 Å². The molecule has 0 atom stereocenters. The SMILES string of the molecule is CCN(CC1(C(=O)O)CCC(C)CC1)c1ccc(C)cc1. The van der Waals surface area contributed by atoms with Gasteiger partial charge in [0.15, 0.2) is 0 Å². The van der Waals surface area contributed by atoms with E-state index in [1.54, 1.807) is 0 Å². The summed E-state index contributed by atoms with van der Waals surface area (Å²) in [5.74, 6) is 0.0342. The first kappa shape index (κ1) is 15.9. The molecule has 0 heterocycles. The molecule has 0 saturated heterocycles.